The van der Waals surface area contributed by atoms with Crippen LogP contribution in [0.3, 0.4) is 0 Å². The van der Waals surface area contributed by atoms with E-state index in [0.29, 0.717) is 6.04 Å². The Bertz CT molecular complexity index is 253. The highest BCUT2D eigenvalue weighted by Crippen LogP contribution is 2.16. The molecule has 0 aromatic rings. The number of hydrogen-bond acceptors (Lipinski definition) is 3. The summed E-state index contributed by atoms with van der Waals surface area (Å²) < 4.78 is 0. The van der Waals surface area contributed by atoms with Crippen molar-refractivity contribution >= 4 is 5.91 Å². The number of nitrogens with zero attached hydrogens (tertiary/aromatic N) is 1. The minimum absolute atomic E-state index is 0.137. The van der Waals surface area contributed by atoms with Gasteiger partial charge in [-0.3, -0.25) is 4.79 Å². The lowest BCUT2D eigenvalue weighted by Gasteiger charge is -2.31. The second-order valence-electron chi connectivity index (χ2n) is 5.39. The third-order valence-corrected chi connectivity index (χ3v) is 3.91. The van der Waals surface area contributed by atoms with Crippen LogP contribution in [0.25, 0.3) is 0 Å². The van der Waals surface area contributed by atoms with E-state index < -0.39 is 0 Å². The van der Waals surface area contributed by atoms with Gasteiger partial charge in [0.25, 0.3) is 0 Å². The van der Waals surface area contributed by atoms with Gasteiger partial charge in [0.15, 0.2) is 0 Å². The first kappa shape index (κ1) is 15.4. The van der Waals surface area contributed by atoms with Gasteiger partial charge >= 0.3 is 0 Å². The molecule has 0 radical (unpaired) electrons. The van der Waals surface area contributed by atoms with Crippen LogP contribution in [0.15, 0.2) is 0 Å². The lowest BCUT2D eigenvalue weighted by molar-refractivity contribution is -0.127. The maximum atomic E-state index is 12.2. The number of likely N-dealkylation sites (N-methyl/N-ethyl adjacent to an activating group) is 1. The van der Waals surface area contributed by atoms with Crippen LogP contribution in [-0.2, 0) is 4.79 Å². The molecule has 1 fully saturated rings. The van der Waals surface area contributed by atoms with Crippen LogP contribution in [0.5, 0.6) is 0 Å². The zero-order chi connectivity index (χ0) is 13.5. The van der Waals surface area contributed by atoms with Gasteiger partial charge in [0, 0.05) is 18.6 Å². The number of nitrogens with one attached hydrogen (secondary N) is 2. The lowest BCUT2D eigenvalue weighted by atomic mass is 9.91. The van der Waals surface area contributed by atoms with E-state index >= 15 is 0 Å². The zero-order valence-corrected chi connectivity index (χ0v) is 12.3. The Morgan fingerprint density at radius 2 is 2.11 bits per heavy atom. The first-order valence-corrected chi connectivity index (χ1v) is 7.34. The highest BCUT2D eigenvalue weighted by atomic mass is 16.2. The first-order valence-electron chi connectivity index (χ1n) is 7.34. The predicted molar refractivity (Wildman–Crippen MR) is 75.6 cm³/mol. The van der Waals surface area contributed by atoms with Gasteiger partial charge in [0.1, 0.15) is 0 Å². The molecule has 0 saturated carbocycles. The van der Waals surface area contributed by atoms with Crippen molar-refractivity contribution in [1.82, 2.24) is 15.5 Å². The maximum Gasteiger partial charge on any atom is 0.224 e. The molecule has 1 amide bonds. The number of piperidine rings is 1. The molecule has 4 heteroatoms. The van der Waals surface area contributed by atoms with E-state index in [-0.39, 0.29) is 17.9 Å². The number of rotatable bonds is 6. The summed E-state index contributed by atoms with van der Waals surface area (Å²) in [6, 6.07) is 0.533. The summed E-state index contributed by atoms with van der Waals surface area (Å²) in [6.45, 7) is 12.6. The van der Waals surface area contributed by atoms with Crippen molar-refractivity contribution in [2.75, 3.05) is 26.2 Å². The normalized spacial score (nSPS) is 26.1. The van der Waals surface area contributed by atoms with Gasteiger partial charge in [-0.25, -0.2) is 0 Å². The fraction of sp³-hybridized carbons (Fsp3) is 0.929. The van der Waals surface area contributed by atoms with Gasteiger partial charge in [0.2, 0.25) is 5.91 Å². The summed E-state index contributed by atoms with van der Waals surface area (Å²) in [5.74, 6) is 0.354. The molecule has 0 aromatic heterocycles. The topological polar surface area (TPSA) is 44.4 Å². The number of hydrogen-bond donors (Lipinski definition) is 2. The van der Waals surface area contributed by atoms with Crippen molar-refractivity contribution < 1.29 is 4.79 Å². The molecule has 4 nitrogen and oxygen atoms in total. The zero-order valence-electron chi connectivity index (χ0n) is 12.3. The molecule has 2 N–H and O–H groups in total. The molecule has 0 aliphatic carbocycles. The molecule has 1 aliphatic rings. The fourth-order valence-corrected chi connectivity index (χ4v) is 2.67. The molecule has 3 unspecified atom stereocenters. The van der Waals surface area contributed by atoms with Gasteiger partial charge in [-0.15, -0.1) is 0 Å². The minimum atomic E-state index is 0.137. The molecule has 0 bridgehead atoms. The number of carbonyl (C=O) groups excluding carboxylic acids is 1. The Kier molecular flexibility index (Phi) is 6.65. The smallest absolute Gasteiger partial charge is 0.224 e. The predicted octanol–water partition coefficient (Wildman–Crippen LogP) is 1.22. The van der Waals surface area contributed by atoms with Crippen molar-refractivity contribution in [1.29, 1.82) is 0 Å². The second kappa shape index (κ2) is 7.74. The molecule has 0 aromatic carbocycles. The van der Waals surface area contributed by atoms with Crippen LogP contribution in [0.1, 0.15) is 40.5 Å². The molecule has 1 saturated heterocycles. The molecule has 3 atom stereocenters. The molecule has 1 rings (SSSR count). The summed E-state index contributed by atoms with van der Waals surface area (Å²) in [4.78, 5) is 14.5. The summed E-state index contributed by atoms with van der Waals surface area (Å²) >= 11 is 0. The van der Waals surface area contributed by atoms with Crippen LogP contribution >= 0.6 is 0 Å². The lowest BCUT2D eigenvalue weighted by Crippen LogP contribution is -2.50. The van der Waals surface area contributed by atoms with E-state index in [1.807, 2.05) is 0 Å². The fourth-order valence-electron chi connectivity index (χ4n) is 2.67. The van der Waals surface area contributed by atoms with Crippen LogP contribution < -0.4 is 10.6 Å². The van der Waals surface area contributed by atoms with Gasteiger partial charge < -0.3 is 15.5 Å². The van der Waals surface area contributed by atoms with Crippen molar-refractivity contribution in [3.63, 3.8) is 0 Å². The molecule has 18 heavy (non-hydrogen) atoms. The average molecular weight is 255 g/mol. The Morgan fingerprint density at radius 3 is 2.67 bits per heavy atom. The quantitative estimate of drug-likeness (QED) is 0.750. The van der Waals surface area contributed by atoms with Gasteiger partial charge in [-0.2, -0.15) is 0 Å². The Morgan fingerprint density at radius 1 is 1.44 bits per heavy atom. The summed E-state index contributed by atoms with van der Waals surface area (Å²) in [5, 5.41) is 6.54. The Labute approximate surface area is 111 Å². The Hall–Kier alpha value is -0.610. The molecule has 106 valence electrons. The van der Waals surface area contributed by atoms with Crippen molar-refractivity contribution in [3.05, 3.63) is 0 Å². The minimum Gasteiger partial charge on any atom is -0.352 e. The van der Waals surface area contributed by atoms with Crippen LogP contribution in [0, 0.1) is 5.92 Å². The average Bonchev–Trinajstić information content (AvgIpc) is 2.36. The largest absolute Gasteiger partial charge is 0.352 e. The molecule has 1 aliphatic heterocycles. The van der Waals surface area contributed by atoms with E-state index in [9.17, 15) is 4.79 Å². The third kappa shape index (κ3) is 4.58. The summed E-state index contributed by atoms with van der Waals surface area (Å²) in [7, 11) is 0. The SMILES string of the molecule is CCN(CC)CC(C)NC(=O)C1CCCNC1C. The van der Waals surface area contributed by atoms with Gasteiger partial charge in [-0.1, -0.05) is 13.8 Å². The van der Waals surface area contributed by atoms with Crippen LogP contribution in [0.4, 0.5) is 0 Å². The standard InChI is InChI=1S/C14H29N3O/c1-5-17(6-2)10-11(3)16-14(18)13-8-7-9-15-12(13)4/h11-13,15H,5-10H2,1-4H3,(H,16,18). The number of carbonyl (C=O) groups is 1. The van der Waals surface area contributed by atoms with E-state index in [1.54, 1.807) is 0 Å². The number of amides is 1. The summed E-state index contributed by atoms with van der Waals surface area (Å²) in [5.41, 5.74) is 0. The van der Waals surface area contributed by atoms with E-state index in [4.69, 9.17) is 0 Å². The summed E-state index contributed by atoms with van der Waals surface area (Å²) in [6.07, 6.45) is 2.12. The van der Waals surface area contributed by atoms with Crippen LogP contribution in [0.2, 0.25) is 0 Å². The monoisotopic (exact) mass is 255 g/mol. The van der Waals surface area contributed by atoms with Crippen molar-refractivity contribution in [3.8, 4) is 0 Å². The third-order valence-electron chi connectivity index (χ3n) is 3.91. The van der Waals surface area contributed by atoms with Crippen LogP contribution in [-0.4, -0.2) is 49.1 Å². The van der Waals surface area contributed by atoms with Gasteiger partial charge in [-0.05, 0) is 46.3 Å². The first-order chi connectivity index (χ1) is 8.58. The van der Waals surface area contributed by atoms with E-state index in [2.05, 4.69) is 43.2 Å². The molecular formula is C14H29N3O. The molecular weight excluding hydrogens is 226 g/mol. The maximum absolute atomic E-state index is 12.2. The Balaban J connectivity index is 2.38. The van der Waals surface area contributed by atoms with Gasteiger partial charge in [0.05, 0.1) is 5.92 Å². The van der Waals surface area contributed by atoms with Crippen molar-refractivity contribution in [2.24, 2.45) is 5.92 Å². The highest BCUT2D eigenvalue weighted by Gasteiger charge is 2.28. The van der Waals surface area contributed by atoms with E-state index in [0.717, 1.165) is 39.0 Å². The van der Waals surface area contributed by atoms with E-state index in [1.165, 1.54) is 0 Å². The molecule has 0 spiro atoms. The highest BCUT2D eigenvalue weighted by molar-refractivity contribution is 5.79. The van der Waals surface area contributed by atoms with Crippen molar-refractivity contribution in [2.45, 2.75) is 52.6 Å². The molecule has 1 heterocycles. The second-order valence-corrected chi connectivity index (χ2v) is 5.39.